The van der Waals surface area contributed by atoms with Crippen molar-refractivity contribution < 1.29 is 23.6 Å². The van der Waals surface area contributed by atoms with Crippen LogP contribution >= 0.6 is 0 Å². The summed E-state index contributed by atoms with van der Waals surface area (Å²) in [6.45, 7) is 14.0. The molecule has 35 heavy (non-hydrogen) atoms. The molecule has 1 aliphatic rings. The van der Waals surface area contributed by atoms with Crippen molar-refractivity contribution in [1.82, 2.24) is 9.97 Å². The average molecular weight is 503 g/mol. The Balaban J connectivity index is 1.57. The minimum Gasteiger partial charge on any atom is -0.481 e. The van der Waals surface area contributed by atoms with Gasteiger partial charge in [-0.15, -0.1) is 0 Å². The van der Waals surface area contributed by atoms with E-state index in [0.29, 0.717) is 42.1 Å². The molecule has 190 valence electrons. The Kier molecular flexibility index (Phi) is 8.27. The molecular formula is C25H35FN4O4Si. The third-order valence-corrected chi connectivity index (χ3v) is 11.2. The minimum atomic E-state index is -1.99. The van der Waals surface area contributed by atoms with E-state index in [1.807, 2.05) is 11.0 Å². The molecule has 1 saturated heterocycles. The van der Waals surface area contributed by atoms with Crippen LogP contribution in [0, 0.1) is 11.7 Å². The molecule has 1 atom stereocenters. The summed E-state index contributed by atoms with van der Waals surface area (Å²) in [5.41, 5.74) is 2.41. The first kappa shape index (κ1) is 26.7. The van der Waals surface area contributed by atoms with E-state index in [1.165, 1.54) is 0 Å². The second-order valence-electron chi connectivity index (χ2n) is 10.5. The first-order valence-corrected chi connectivity index (χ1v) is 14.7. The third kappa shape index (κ3) is 6.64. The number of rotatable bonds is 10. The van der Waals surface area contributed by atoms with Crippen molar-refractivity contribution in [3.63, 3.8) is 0 Å². The van der Waals surface area contributed by atoms with Crippen molar-refractivity contribution in [2.45, 2.75) is 58.9 Å². The molecule has 1 aliphatic heterocycles. The molecule has 1 aromatic carbocycles. The van der Waals surface area contributed by atoms with E-state index in [0.717, 1.165) is 5.71 Å². The second kappa shape index (κ2) is 10.8. The van der Waals surface area contributed by atoms with E-state index < -0.39 is 20.2 Å². The van der Waals surface area contributed by atoms with Gasteiger partial charge in [0.2, 0.25) is 5.95 Å². The number of hydrogen-bond donors (Lipinski definition) is 1. The SMILES string of the molecule is CC(CCON=C1CN(c2ncc(-c3cccc(CO[Si](C)(C)C(C)(C)C)c3F)cn2)C1)C(=O)O. The fourth-order valence-corrected chi connectivity index (χ4v) is 4.05. The molecule has 10 heteroatoms. The molecule has 0 amide bonds. The molecule has 1 aromatic heterocycles. The Morgan fingerprint density at radius 1 is 1.26 bits per heavy atom. The Bertz CT molecular complexity index is 1060. The highest BCUT2D eigenvalue weighted by Gasteiger charge is 2.37. The molecule has 3 rings (SSSR count). The zero-order valence-electron chi connectivity index (χ0n) is 21.3. The number of nitrogens with zero attached hydrogens (tertiary/aromatic N) is 4. The molecule has 0 aliphatic carbocycles. The standard InChI is InChI=1S/C25H35FN4O4Si/c1-17(23(31)32)10-11-33-29-20-14-30(15-20)24-27-12-19(13-28-24)21-9-7-8-18(22(21)26)16-34-35(5,6)25(2,3)4/h7-9,12-13,17H,10-11,14-16H2,1-6H3,(H,31,32). The van der Waals surface area contributed by atoms with E-state index in [1.54, 1.807) is 31.5 Å². The van der Waals surface area contributed by atoms with E-state index in [9.17, 15) is 4.79 Å². The van der Waals surface area contributed by atoms with Crippen LogP contribution in [0.2, 0.25) is 18.1 Å². The molecule has 1 fully saturated rings. The number of carboxylic acid groups (broad SMARTS) is 1. The maximum atomic E-state index is 15.3. The van der Waals surface area contributed by atoms with Crippen molar-refractivity contribution in [1.29, 1.82) is 0 Å². The summed E-state index contributed by atoms with van der Waals surface area (Å²) in [5.74, 6) is -1.08. The van der Waals surface area contributed by atoms with Crippen LogP contribution in [0.4, 0.5) is 10.3 Å². The number of hydrogen-bond acceptors (Lipinski definition) is 7. The highest BCUT2D eigenvalue weighted by atomic mass is 28.4. The van der Waals surface area contributed by atoms with Crippen molar-refractivity contribution in [3.8, 4) is 11.1 Å². The quantitative estimate of drug-likeness (QED) is 0.274. The number of carboxylic acids is 1. The van der Waals surface area contributed by atoms with Gasteiger partial charge in [0.05, 0.1) is 31.3 Å². The Morgan fingerprint density at radius 2 is 1.91 bits per heavy atom. The summed E-state index contributed by atoms with van der Waals surface area (Å²) >= 11 is 0. The molecule has 1 unspecified atom stereocenters. The molecule has 2 aromatic rings. The lowest BCUT2D eigenvalue weighted by Gasteiger charge is -2.36. The maximum absolute atomic E-state index is 15.3. The van der Waals surface area contributed by atoms with Gasteiger partial charge in [0.15, 0.2) is 8.32 Å². The Labute approximate surface area is 207 Å². The van der Waals surface area contributed by atoms with Crippen molar-refractivity contribution in [2.24, 2.45) is 11.1 Å². The first-order valence-electron chi connectivity index (χ1n) is 11.8. The molecule has 1 N–H and O–H groups in total. The minimum absolute atomic E-state index is 0.0528. The molecule has 0 saturated carbocycles. The van der Waals surface area contributed by atoms with Crippen LogP contribution in [0.3, 0.4) is 0 Å². The van der Waals surface area contributed by atoms with E-state index in [2.05, 4.69) is 49.0 Å². The van der Waals surface area contributed by atoms with Gasteiger partial charge in [0.1, 0.15) is 12.4 Å². The number of carbonyl (C=O) groups is 1. The number of anilines is 1. The van der Waals surface area contributed by atoms with Gasteiger partial charge in [-0.3, -0.25) is 4.79 Å². The van der Waals surface area contributed by atoms with Gasteiger partial charge in [0.25, 0.3) is 0 Å². The van der Waals surface area contributed by atoms with Crippen molar-refractivity contribution in [3.05, 3.63) is 42.0 Å². The van der Waals surface area contributed by atoms with Gasteiger partial charge in [-0.2, -0.15) is 0 Å². The number of oxime groups is 1. The number of benzene rings is 1. The molecule has 0 bridgehead atoms. The molecule has 8 nitrogen and oxygen atoms in total. The van der Waals surface area contributed by atoms with E-state index in [-0.39, 0.29) is 24.1 Å². The Morgan fingerprint density at radius 3 is 2.51 bits per heavy atom. The highest BCUT2D eigenvalue weighted by Crippen LogP contribution is 2.37. The zero-order chi connectivity index (χ0) is 25.8. The fourth-order valence-electron chi connectivity index (χ4n) is 3.10. The third-order valence-electron chi connectivity index (χ3n) is 6.71. The summed E-state index contributed by atoms with van der Waals surface area (Å²) in [5, 5.41) is 13.0. The van der Waals surface area contributed by atoms with Crippen LogP contribution < -0.4 is 4.90 Å². The van der Waals surface area contributed by atoms with Crippen LogP contribution in [-0.2, 0) is 20.7 Å². The highest BCUT2D eigenvalue weighted by molar-refractivity contribution is 6.74. The number of aliphatic carboxylic acids is 1. The summed E-state index contributed by atoms with van der Waals surface area (Å²) in [7, 11) is -1.99. The lowest BCUT2D eigenvalue weighted by atomic mass is 10.1. The number of halogens is 1. The smallest absolute Gasteiger partial charge is 0.306 e. The van der Waals surface area contributed by atoms with Gasteiger partial charge in [-0.25, -0.2) is 14.4 Å². The lowest BCUT2D eigenvalue weighted by Crippen LogP contribution is -2.48. The Hall–Kier alpha value is -2.85. The van der Waals surface area contributed by atoms with Crippen LogP contribution in [0.5, 0.6) is 0 Å². The largest absolute Gasteiger partial charge is 0.481 e. The lowest BCUT2D eigenvalue weighted by molar-refractivity contribution is -0.141. The zero-order valence-corrected chi connectivity index (χ0v) is 22.3. The summed E-state index contributed by atoms with van der Waals surface area (Å²) in [6.07, 6.45) is 3.65. The topological polar surface area (TPSA) is 97.1 Å². The maximum Gasteiger partial charge on any atom is 0.306 e. The van der Waals surface area contributed by atoms with Gasteiger partial charge in [-0.05, 0) is 24.6 Å². The van der Waals surface area contributed by atoms with Gasteiger partial charge < -0.3 is 19.3 Å². The average Bonchev–Trinajstić information content (AvgIpc) is 2.76. The summed E-state index contributed by atoms with van der Waals surface area (Å²) in [4.78, 5) is 26.7. The predicted octanol–water partition coefficient (Wildman–Crippen LogP) is 5.11. The predicted molar refractivity (Wildman–Crippen MR) is 136 cm³/mol. The van der Waals surface area contributed by atoms with Crippen LogP contribution in [0.25, 0.3) is 11.1 Å². The first-order chi connectivity index (χ1) is 16.4. The monoisotopic (exact) mass is 502 g/mol. The summed E-state index contributed by atoms with van der Waals surface area (Å²) in [6, 6.07) is 5.30. The molecule has 2 heterocycles. The van der Waals surface area contributed by atoms with Gasteiger partial charge in [-0.1, -0.05) is 51.0 Å². The van der Waals surface area contributed by atoms with Crippen molar-refractivity contribution >= 4 is 25.9 Å². The fraction of sp³-hybridized carbons (Fsp3) is 0.520. The van der Waals surface area contributed by atoms with Crippen LogP contribution in [-0.4, -0.2) is 54.8 Å². The normalized spacial score (nSPS) is 14.9. The van der Waals surface area contributed by atoms with Crippen LogP contribution in [0.1, 0.15) is 39.7 Å². The summed E-state index contributed by atoms with van der Waals surface area (Å²) < 4.78 is 21.5. The van der Waals surface area contributed by atoms with Gasteiger partial charge in [0, 0.05) is 29.1 Å². The molecule has 0 radical (unpaired) electrons. The molecule has 0 spiro atoms. The van der Waals surface area contributed by atoms with Crippen LogP contribution in [0.15, 0.2) is 35.7 Å². The number of aromatic nitrogens is 2. The van der Waals surface area contributed by atoms with Gasteiger partial charge >= 0.3 is 5.97 Å². The molecular weight excluding hydrogens is 467 g/mol. The van der Waals surface area contributed by atoms with E-state index in [4.69, 9.17) is 14.4 Å². The van der Waals surface area contributed by atoms with E-state index >= 15 is 4.39 Å². The second-order valence-corrected chi connectivity index (χ2v) is 15.3. The van der Waals surface area contributed by atoms with Crippen molar-refractivity contribution in [2.75, 3.05) is 24.6 Å².